The summed E-state index contributed by atoms with van der Waals surface area (Å²) in [5.41, 5.74) is 0.381. The van der Waals surface area contributed by atoms with E-state index >= 15 is 0 Å². The molecule has 0 saturated heterocycles. The molecule has 134 valence electrons. The van der Waals surface area contributed by atoms with Crippen molar-refractivity contribution < 1.29 is 14.3 Å². The van der Waals surface area contributed by atoms with Crippen LogP contribution in [0.25, 0.3) is 0 Å². The van der Waals surface area contributed by atoms with Gasteiger partial charge in [-0.05, 0) is 80.5 Å². The van der Waals surface area contributed by atoms with Gasteiger partial charge in [0.2, 0.25) is 0 Å². The smallest absolute Gasteiger partial charge is 0.302 e. The molecule has 4 rings (SSSR count). The van der Waals surface area contributed by atoms with E-state index in [2.05, 4.69) is 13.8 Å². The highest BCUT2D eigenvalue weighted by atomic mass is 16.5. The summed E-state index contributed by atoms with van der Waals surface area (Å²) in [6, 6.07) is 0. The summed E-state index contributed by atoms with van der Waals surface area (Å²) in [6.07, 6.45) is 10.2. The van der Waals surface area contributed by atoms with E-state index in [0.717, 1.165) is 43.9 Å². The van der Waals surface area contributed by atoms with Crippen molar-refractivity contribution in [3.8, 4) is 0 Å². The molecule has 0 amide bonds. The van der Waals surface area contributed by atoms with Crippen LogP contribution in [-0.2, 0) is 14.3 Å². The molecule has 4 aliphatic carbocycles. The van der Waals surface area contributed by atoms with Crippen molar-refractivity contribution in [1.82, 2.24) is 0 Å². The van der Waals surface area contributed by atoms with Crippen LogP contribution < -0.4 is 0 Å². The second-order valence-corrected chi connectivity index (χ2v) is 9.58. The van der Waals surface area contributed by atoms with Gasteiger partial charge in [-0.25, -0.2) is 0 Å². The summed E-state index contributed by atoms with van der Waals surface area (Å²) in [5, 5.41) is 0. The molecule has 0 aromatic rings. The number of carbonyl (C=O) groups is 2. The van der Waals surface area contributed by atoms with Gasteiger partial charge < -0.3 is 4.74 Å². The Morgan fingerprint density at radius 2 is 1.83 bits per heavy atom. The normalized spacial score (nSPS) is 50.6. The van der Waals surface area contributed by atoms with Gasteiger partial charge in [-0.2, -0.15) is 0 Å². The zero-order valence-electron chi connectivity index (χ0n) is 15.5. The summed E-state index contributed by atoms with van der Waals surface area (Å²) in [6.45, 7) is 6.30. The van der Waals surface area contributed by atoms with E-state index in [-0.39, 0.29) is 17.5 Å². The number of esters is 1. The maximum absolute atomic E-state index is 12.5. The fourth-order valence-electron chi connectivity index (χ4n) is 7.33. The molecule has 7 atom stereocenters. The maximum atomic E-state index is 12.5. The SMILES string of the molecule is CC(=O)OC1CC[C@]2(C)C3CC[C@]4(C)C(=O)CCC4C3CC[C@H]2C1. The number of fused-ring (bicyclic) bond motifs is 5. The van der Waals surface area contributed by atoms with Crippen LogP contribution in [0.15, 0.2) is 0 Å². The topological polar surface area (TPSA) is 43.4 Å². The third-order valence-corrected chi connectivity index (χ3v) is 8.66. The molecule has 3 heteroatoms. The molecular formula is C21H32O3. The Morgan fingerprint density at radius 1 is 1.04 bits per heavy atom. The average Bonchev–Trinajstić information content (AvgIpc) is 2.83. The van der Waals surface area contributed by atoms with Gasteiger partial charge in [-0.15, -0.1) is 0 Å². The molecule has 0 aliphatic heterocycles. The number of rotatable bonds is 1. The molecule has 0 spiro atoms. The van der Waals surface area contributed by atoms with Crippen LogP contribution in [-0.4, -0.2) is 17.9 Å². The van der Waals surface area contributed by atoms with E-state index in [1.54, 1.807) is 0 Å². The van der Waals surface area contributed by atoms with E-state index in [9.17, 15) is 9.59 Å². The van der Waals surface area contributed by atoms with Crippen molar-refractivity contribution in [3.63, 3.8) is 0 Å². The molecule has 0 aromatic heterocycles. The van der Waals surface area contributed by atoms with E-state index < -0.39 is 0 Å². The summed E-state index contributed by atoms with van der Waals surface area (Å²) in [4.78, 5) is 23.8. The Morgan fingerprint density at radius 3 is 2.58 bits per heavy atom. The van der Waals surface area contributed by atoms with Crippen LogP contribution >= 0.6 is 0 Å². The van der Waals surface area contributed by atoms with E-state index in [0.29, 0.717) is 23.0 Å². The quantitative estimate of drug-likeness (QED) is 0.663. The molecule has 0 radical (unpaired) electrons. The lowest BCUT2D eigenvalue weighted by Gasteiger charge is -2.60. The summed E-state index contributed by atoms with van der Waals surface area (Å²) in [7, 11) is 0. The number of Topliss-reactive ketones (excluding diaryl/α,β-unsaturated/α-hetero) is 1. The van der Waals surface area contributed by atoms with Crippen molar-refractivity contribution in [2.45, 2.75) is 84.7 Å². The predicted octanol–water partition coefficient (Wildman–Crippen LogP) is 4.53. The highest BCUT2D eigenvalue weighted by Crippen LogP contribution is 2.65. The number of ketones is 1. The fraction of sp³-hybridized carbons (Fsp3) is 0.905. The fourth-order valence-corrected chi connectivity index (χ4v) is 7.33. The number of hydrogen-bond donors (Lipinski definition) is 0. The molecule has 4 fully saturated rings. The minimum atomic E-state index is -0.129. The number of carbonyl (C=O) groups excluding carboxylic acids is 2. The van der Waals surface area contributed by atoms with Gasteiger partial charge in [0.1, 0.15) is 11.9 Å². The van der Waals surface area contributed by atoms with Gasteiger partial charge >= 0.3 is 5.97 Å². The Labute approximate surface area is 145 Å². The van der Waals surface area contributed by atoms with Gasteiger partial charge in [-0.1, -0.05) is 13.8 Å². The van der Waals surface area contributed by atoms with Gasteiger partial charge in [0.15, 0.2) is 0 Å². The number of hydrogen-bond acceptors (Lipinski definition) is 3. The van der Waals surface area contributed by atoms with Crippen LogP contribution in [0.4, 0.5) is 0 Å². The molecule has 4 saturated carbocycles. The van der Waals surface area contributed by atoms with Crippen LogP contribution in [0.2, 0.25) is 0 Å². The Bertz CT molecular complexity index is 555. The zero-order chi connectivity index (χ0) is 17.1. The minimum absolute atomic E-state index is 0.0146. The molecule has 0 aromatic carbocycles. The molecule has 4 unspecified atom stereocenters. The third-order valence-electron chi connectivity index (χ3n) is 8.66. The molecule has 0 N–H and O–H groups in total. The number of ether oxygens (including phenoxy) is 1. The van der Waals surface area contributed by atoms with E-state index in [4.69, 9.17) is 4.74 Å². The Balaban J connectivity index is 1.54. The Hall–Kier alpha value is -0.860. The second-order valence-electron chi connectivity index (χ2n) is 9.58. The first kappa shape index (κ1) is 16.6. The summed E-state index contributed by atoms with van der Waals surface area (Å²) >= 11 is 0. The van der Waals surface area contributed by atoms with Gasteiger partial charge in [0.05, 0.1) is 0 Å². The van der Waals surface area contributed by atoms with Crippen molar-refractivity contribution in [1.29, 1.82) is 0 Å². The molecule has 3 nitrogen and oxygen atoms in total. The predicted molar refractivity (Wildman–Crippen MR) is 92.3 cm³/mol. The monoisotopic (exact) mass is 332 g/mol. The molecular weight excluding hydrogens is 300 g/mol. The van der Waals surface area contributed by atoms with E-state index in [1.807, 2.05) is 0 Å². The molecule has 4 aliphatic rings. The lowest BCUT2D eigenvalue weighted by Crippen LogP contribution is -2.54. The van der Waals surface area contributed by atoms with Crippen molar-refractivity contribution >= 4 is 11.8 Å². The van der Waals surface area contributed by atoms with Crippen molar-refractivity contribution in [3.05, 3.63) is 0 Å². The first-order valence-corrected chi connectivity index (χ1v) is 10.0. The lowest BCUT2D eigenvalue weighted by atomic mass is 9.45. The first-order chi connectivity index (χ1) is 11.3. The molecule has 24 heavy (non-hydrogen) atoms. The second kappa shape index (κ2) is 5.57. The Kier molecular flexibility index (Phi) is 3.85. The van der Waals surface area contributed by atoms with Crippen LogP contribution in [0.1, 0.15) is 78.6 Å². The summed E-state index contributed by atoms with van der Waals surface area (Å²) < 4.78 is 5.54. The lowest BCUT2D eigenvalue weighted by molar-refractivity contribution is -0.160. The van der Waals surface area contributed by atoms with Crippen molar-refractivity contribution in [2.24, 2.45) is 34.5 Å². The molecule has 0 heterocycles. The third kappa shape index (κ3) is 2.29. The largest absolute Gasteiger partial charge is 0.463 e. The standard InChI is InChI=1S/C21H32O3/c1-13(22)24-15-8-10-20(2)14(12-15)4-5-16-17-6-7-19(23)21(17,3)11-9-18(16)20/h14-18H,4-12H2,1-3H3/t14-,15?,16?,17?,18?,20-,21-/m0/s1. The summed E-state index contributed by atoms with van der Waals surface area (Å²) in [5.74, 6) is 3.26. The van der Waals surface area contributed by atoms with Crippen LogP contribution in [0.5, 0.6) is 0 Å². The van der Waals surface area contributed by atoms with Gasteiger partial charge in [-0.3, -0.25) is 9.59 Å². The average molecular weight is 332 g/mol. The van der Waals surface area contributed by atoms with Crippen molar-refractivity contribution in [2.75, 3.05) is 0 Å². The maximum Gasteiger partial charge on any atom is 0.302 e. The van der Waals surface area contributed by atoms with Crippen LogP contribution in [0, 0.1) is 34.5 Å². The van der Waals surface area contributed by atoms with Gasteiger partial charge in [0, 0.05) is 18.8 Å². The molecule has 0 bridgehead atoms. The van der Waals surface area contributed by atoms with Crippen LogP contribution in [0.3, 0.4) is 0 Å². The zero-order valence-corrected chi connectivity index (χ0v) is 15.5. The highest BCUT2D eigenvalue weighted by Gasteiger charge is 2.60. The minimum Gasteiger partial charge on any atom is -0.463 e. The van der Waals surface area contributed by atoms with Gasteiger partial charge in [0.25, 0.3) is 0 Å². The van der Waals surface area contributed by atoms with E-state index in [1.165, 1.54) is 32.6 Å². The first-order valence-electron chi connectivity index (χ1n) is 10.0. The highest BCUT2D eigenvalue weighted by molar-refractivity contribution is 5.87.